The van der Waals surface area contributed by atoms with E-state index in [1.165, 1.54) is 6.07 Å². The molecule has 0 aliphatic carbocycles. The molecule has 0 spiro atoms. The molecule has 0 fully saturated rings. The summed E-state index contributed by atoms with van der Waals surface area (Å²) >= 11 is 1.56. The molecule has 0 aliphatic heterocycles. The predicted molar refractivity (Wildman–Crippen MR) is 57.9 cm³/mol. The van der Waals surface area contributed by atoms with Gasteiger partial charge in [-0.15, -0.1) is 11.3 Å². The van der Waals surface area contributed by atoms with Gasteiger partial charge in [0.25, 0.3) is 0 Å². The average molecular weight is 207 g/mol. The molecule has 2 aromatic rings. The minimum Gasteiger partial charge on any atom is -0.398 e. The summed E-state index contributed by atoms with van der Waals surface area (Å²) < 4.78 is 13.3. The minimum atomic E-state index is -0.153. The molecule has 3 heteroatoms. The van der Waals surface area contributed by atoms with E-state index < -0.39 is 0 Å². The Morgan fingerprint density at radius 1 is 1.29 bits per heavy atom. The maximum Gasteiger partial charge on any atom is 0.126 e. The number of rotatable bonds is 2. The van der Waals surface area contributed by atoms with E-state index in [9.17, 15) is 4.39 Å². The SMILES string of the molecule is Nc1csc(Cc2ccccc2F)c1. The molecule has 1 aromatic heterocycles. The van der Waals surface area contributed by atoms with Gasteiger partial charge in [-0.2, -0.15) is 0 Å². The van der Waals surface area contributed by atoms with Gasteiger partial charge in [0, 0.05) is 22.4 Å². The van der Waals surface area contributed by atoms with Crippen LogP contribution in [0.15, 0.2) is 35.7 Å². The van der Waals surface area contributed by atoms with E-state index >= 15 is 0 Å². The molecule has 0 bridgehead atoms. The quantitative estimate of drug-likeness (QED) is 0.804. The van der Waals surface area contributed by atoms with Crippen molar-refractivity contribution in [2.45, 2.75) is 6.42 Å². The van der Waals surface area contributed by atoms with Crippen LogP contribution < -0.4 is 5.73 Å². The molecule has 1 aromatic carbocycles. The van der Waals surface area contributed by atoms with Crippen molar-refractivity contribution in [2.24, 2.45) is 0 Å². The molecule has 0 aliphatic rings. The zero-order valence-electron chi connectivity index (χ0n) is 7.53. The van der Waals surface area contributed by atoms with Crippen molar-refractivity contribution in [3.8, 4) is 0 Å². The molecule has 2 N–H and O–H groups in total. The number of halogens is 1. The lowest BCUT2D eigenvalue weighted by Gasteiger charge is -1.99. The van der Waals surface area contributed by atoms with Crippen LogP contribution in [0.2, 0.25) is 0 Å². The molecule has 0 unspecified atom stereocenters. The van der Waals surface area contributed by atoms with Crippen LogP contribution in [-0.4, -0.2) is 0 Å². The molecule has 1 heterocycles. The standard InChI is InChI=1S/C11H10FNS/c12-11-4-2-1-3-8(11)5-10-6-9(13)7-14-10/h1-4,6-7H,5,13H2. The number of hydrogen-bond donors (Lipinski definition) is 1. The summed E-state index contributed by atoms with van der Waals surface area (Å²) in [4.78, 5) is 1.09. The van der Waals surface area contributed by atoms with E-state index in [0.717, 1.165) is 10.6 Å². The van der Waals surface area contributed by atoms with Gasteiger partial charge in [0.1, 0.15) is 5.82 Å². The van der Waals surface area contributed by atoms with Gasteiger partial charge >= 0.3 is 0 Å². The second-order valence-corrected chi connectivity index (χ2v) is 4.11. The topological polar surface area (TPSA) is 26.0 Å². The Bertz CT molecular complexity index is 436. The summed E-state index contributed by atoms with van der Waals surface area (Å²) in [5, 5.41) is 1.87. The highest BCUT2D eigenvalue weighted by molar-refractivity contribution is 7.10. The van der Waals surface area contributed by atoms with E-state index in [2.05, 4.69) is 0 Å². The lowest BCUT2D eigenvalue weighted by atomic mass is 10.1. The average Bonchev–Trinajstić information content (AvgIpc) is 2.56. The second-order valence-electron chi connectivity index (χ2n) is 3.11. The fourth-order valence-electron chi connectivity index (χ4n) is 1.32. The highest BCUT2D eigenvalue weighted by atomic mass is 32.1. The first-order chi connectivity index (χ1) is 6.75. The molecule has 2 rings (SSSR count). The normalized spacial score (nSPS) is 10.4. The third-order valence-electron chi connectivity index (χ3n) is 2.00. The van der Waals surface area contributed by atoms with Crippen LogP contribution in [0.1, 0.15) is 10.4 Å². The molecule has 1 nitrogen and oxygen atoms in total. The van der Waals surface area contributed by atoms with Gasteiger partial charge in [-0.05, 0) is 17.7 Å². The number of anilines is 1. The molecule has 0 saturated carbocycles. The maximum absolute atomic E-state index is 13.3. The number of hydrogen-bond acceptors (Lipinski definition) is 2. The van der Waals surface area contributed by atoms with Crippen LogP contribution >= 0.6 is 11.3 Å². The first-order valence-corrected chi connectivity index (χ1v) is 5.20. The van der Waals surface area contributed by atoms with Gasteiger partial charge in [-0.1, -0.05) is 18.2 Å². The van der Waals surface area contributed by atoms with Crippen molar-refractivity contribution in [3.05, 3.63) is 52.0 Å². The Hall–Kier alpha value is -1.35. The molecular formula is C11H10FNS. The molecule has 14 heavy (non-hydrogen) atoms. The van der Waals surface area contributed by atoms with E-state index in [0.29, 0.717) is 12.0 Å². The molecule has 0 atom stereocenters. The van der Waals surface area contributed by atoms with Crippen molar-refractivity contribution < 1.29 is 4.39 Å². The summed E-state index contributed by atoms with van der Waals surface area (Å²) in [7, 11) is 0. The van der Waals surface area contributed by atoms with E-state index in [4.69, 9.17) is 5.73 Å². The van der Waals surface area contributed by atoms with Gasteiger partial charge < -0.3 is 5.73 Å². The van der Waals surface area contributed by atoms with Crippen LogP contribution in [0.3, 0.4) is 0 Å². The summed E-state index contributed by atoms with van der Waals surface area (Å²) in [6.45, 7) is 0. The van der Waals surface area contributed by atoms with Crippen LogP contribution in [0, 0.1) is 5.82 Å². The van der Waals surface area contributed by atoms with Crippen molar-refractivity contribution >= 4 is 17.0 Å². The van der Waals surface area contributed by atoms with Crippen molar-refractivity contribution in [1.29, 1.82) is 0 Å². The van der Waals surface area contributed by atoms with Crippen LogP contribution in [0.4, 0.5) is 10.1 Å². The first-order valence-electron chi connectivity index (χ1n) is 4.32. The summed E-state index contributed by atoms with van der Waals surface area (Å²) in [6, 6.07) is 8.70. The smallest absolute Gasteiger partial charge is 0.126 e. The van der Waals surface area contributed by atoms with Gasteiger partial charge in [-0.25, -0.2) is 4.39 Å². The van der Waals surface area contributed by atoms with Gasteiger partial charge in [0.15, 0.2) is 0 Å². The van der Waals surface area contributed by atoms with Gasteiger partial charge in [-0.3, -0.25) is 0 Å². The molecule has 72 valence electrons. The molecule has 0 radical (unpaired) electrons. The highest BCUT2D eigenvalue weighted by Crippen LogP contribution is 2.20. The van der Waals surface area contributed by atoms with Crippen LogP contribution in [-0.2, 0) is 6.42 Å². The third kappa shape index (κ3) is 1.93. The molecular weight excluding hydrogens is 197 g/mol. The number of nitrogens with two attached hydrogens (primary N) is 1. The van der Waals surface area contributed by atoms with Crippen LogP contribution in [0.25, 0.3) is 0 Å². The second kappa shape index (κ2) is 3.80. The summed E-state index contributed by atoms with van der Waals surface area (Å²) in [6.07, 6.45) is 0.620. The maximum atomic E-state index is 13.3. The zero-order valence-corrected chi connectivity index (χ0v) is 8.35. The Morgan fingerprint density at radius 2 is 2.07 bits per heavy atom. The van der Waals surface area contributed by atoms with Crippen molar-refractivity contribution in [1.82, 2.24) is 0 Å². The van der Waals surface area contributed by atoms with E-state index in [1.807, 2.05) is 17.5 Å². The molecule has 0 saturated heterocycles. The van der Waals surface area contributed by atoms with Crippen molar-refractivity contribution in [3.63, 3.8) is 0 Å². The Kier molecular flexibility index (Phi) is 2.50. The predicted octanol–water partition coefficient (Wildman–Crippen LogP) is 3.06. The largest absolute Gasteiger partial charge is 0.398 e. The number of thiophene rings is 1. The Labute approximate surface area is 86.0 Å². The minimum absolute atomic E-state index is 0.153. The summed E-state index contributed by atoms with van der Waals surface area (Å²) in [5.74, 6) is -0.153. The Balaban J connectivity index is 2.23. The number of nitrogen functional groups attached to an aromatic ring is 1. The highest BCUT2D eigenvalue weighted by Gasteiger charge is 2.03. The first kappa shape index (κ1) is 9.21. The van der Waals surface area contributed by atoms with Crippen LogP contribution in [0.5, 0.6) is 0 Å². The monoisotopic (exact) mass is 207 g/mol. The van der Waals surface area contributed by atoms with Gasteiger partial charge in [0.05, 0.1) is 0 Å². The summed E-state index contributed by atoms with van der Waals surface area (Å²) in [5.41, 5.74) is 7.06. The lowest BCUT2D eigenvalue weighted by molar-refractivity contribution is 0.614. The van der Waals surface area contributed by atoms with Crippen molar-refractivity contribution in [2.75, 3.05) is 5.73 Å². The lowest BCUT2D eigenvalue weighted by Crippen LogP contribution is -1.89. The van der Waals surface area contributed by atoms with E-state index in [-0.39, 0.29) is 5.82 Å². The van der Waals surface area contributed by atoms with Gasteiger partial charge in [0.2, 0.25) is 0 Å². The van der Waals surface area contributed by atoms with E-state index in [1.54, 1.807) is 23.5 Å². The fourth-order valence-corrected chi connectivity index (χ4v) is 2.12. The fraction of sp³-hybridized carbons (Fsp3) is 0.0909. The molecule has 0 amide bonds. The zero-order chi connectivity index (χ0) is 9.97. The number of benzene rings is 1. The Morgan fingerprint density at radius 3 is 2.71 bits per heavy atom. The third-order valence-corrected chi connectivity index (χ3v) is 2.95.